The first-order valence-corrected chi connectivity index (χ1v) is 6.54. The molecule has 0 fully saturated rings. The zero-order valence-electron chi connectivity index (χ0n) is 11.2. The number of hydrogen-bond donors (Lipinski definition) is 3. The molecule has 0 bridgehead atoms. The molecule has 7 nitrogen and oxygen atoms in total. The molecule has 3 N–H and O–H groups in total. The van der Waals surface area contributed by atoms with Gasteiger partial charge in [0.05, 0.1) is 17.4 Å². The molecule has 1 aromatic carbocycles. The fourth-order valence-electron chi connectivity index (χ4n) is 2.22. The van der Waals surface area contributed by atoms with E-state index in [0.29, 0.717) is 23.4 Å². The molecule has 1 aliphatic heterocycles. The number of nitrogens with one attached hydrogen (secondary N) is 2. The van der Waals surface area contributed by atoms with Crippen LogP contribution >= 0.6 is 0 Å². The van der Waals surface area contributed by atoms with E-state index >= 15 is 0 Å². The standard InChI is InChI=1S/C13H17N3O4/c1-2-3-9(17)7-14-11-6-10-8(5-13(18)15-10)4-12(11)16(19)20/h4,6,9,14,17H,2-3,5,7H2,1H3,(H,15,18). The number of aliphatic hydroxyl groups is 1. The van der Waals surface area contributed by atoms with Gasteiger partial charge in [0.1, 0.15) is 5.69 Å². The summed E-state index contributed by atoms with van der Waals surface area (Å²) >= 11 is 0. The van der Waals surface area contributed by atoms with E-state index in [2.05, 4.69) is 10.6 Å². The van der Waals surface area contributed by atoms with E-state index in [1.54, 1.807) is 6.07 Å². The van der Waals surface area contributed by atoms with Gasteiger partial charge in [0.2, 0.25) is 5.91 Å². The molecule has 1 aliphatic rings. The van der Waals surface area contributed by atoms with Crippen LogP contribution in [-0.4, -0.2) is 28.6 Å². The van der Waals surface area contributed by atoms with Crippen LogP contribution in [0.4, 0.5) is 17.1 Å². The molecule has 0 saturated carbocycles. The highest BCUT2D eigenvalue weighted by molar-refractivity contribution is 6.00. The molecule has 20 heavy (non-hydrogen) atoms. The summed E-state index contributed by atoms with van der Waals surface area (Å²) < 4.78 is 0. The lowest BCUT2D eigenvalue weighted by Gasteiger charge is -2.13. The van der Waals surface area contributed by atoms with Crippen molar-refractivity contribution in [1.29, 1.82) is 0 Å². The summed E-state index contributed by atoms with van der Waals surface area (Å²) in [6.45, 7) is 2.19. The van der Waals surface area contributed by atoms with Crippen molar-refractivity contribution in [2.75, 3.05) is 17.2 Å². The fourth-order valence-corrected chi connectivity index (χ4v) is 2.22. The van der Waals surface area contributed by atoms with Crippen LogP contribution in [0.1, 0.15) is 25.3 Å². The van der Waals surface area contributed by atoms with E-state index in [1.807, 2.05) is 6.92 Å². The van der Waals surface area contributed by atoms with E-state index in [1.165, 1.54) is 6.07 Å². The van der Waals surface area contributed by atoms with Gasteiger partial charge in [-0.15, -0.1) is 0 Å². The number of carbonyl (C=O) groups excluding carboxylic acids is 1. The lowest BCUT2D eigenvalue weighted by Crippen LogP contribution is -2.19. The van der Waals surface area contributed by atoms with Crippen LogP contribution in [0.2, 0.25) is 0 Å². The first-order chi connectivity index (χ1) is 9.51. The number of amides is 1. The van der Waals surface area contributed by atoms with Crippen molar-refractivity contribution in [3.05, 3.63) is 27.8 Å². The van der Waals surface area contributed by atoms with Gasteiger partial charge in [0, 0.05) is 18.3 Å². The Morgan fingerprint density at radius 2 is 2.30 bits per heavy atom. The van der Waals surface area contributed by atoms with Crippen molar-refractivity contribution in [1.82, 2.24) is 0 Å². The molecule has 0 saturated heterocycles. The Bertz CT molecular complexity index is 545. The second-order valence-corrected chi connectivity index (χ2v) is 4.83. The minimum atomic E-state index is -0.553. The average Bonchev–Trinajstić information content (AvgIpc) is 2.74. The minimum absolute atomic E-state index is 0.0797. The lowest BCUT2D eigenvalue weighted by atomic mass is 10.1. The number of nitrogens with zero attached hydrogens (tertiary/aromatic N) is 1. The summed E-state index contributed by atoms with van der Waals surface area (Å²) in [5.41, 5.74) is 1.45. The van der Waals surface area contributed by atoms with E-state index in [4.69, 9.17) is 0 Å². The Kier molecular flexibility index (Phi) is 4.19. The summed E-state index contributed by atoms with van der Waals surface area (Å²) in [5, 5.41) is 26.3. The predicted octanol–water partition coefficient (Wildman–Crippen LogP) is 1.66. The summed E-state index contributed by atoms with van der Waals surface area (Å²) in [5.74, 6) is -0.169. The van der Waals surface area contributed by atoms with Gasteiger partial charge in [0.15, 0.2) is 0 Å². The molecule has 0 aliphatic carbocycles. The number of nitro benzene ring substituents is 1. The van der Waals surface area contributed by atoms with Crippen molar-refractivity contribution >= 4 is 23.0 Å². The Labute approximate surface area is 116 Å². The maximum absolute atomic E-state index is 11.3. The van der Waals surface area contributed by atoms with Crippen molar-refractivity contribution in [2.45, 2.75) is 32.3 Å². The second kappa shape index (κ2) is 5.87. The Morgan fingerprint density at radius 3 is 2.95 bits per heavy atom. The summed E-state index contributed by atoms with van der Waals surface area (Å²) in [6, 6.07) is 2.96. The maximum Gasteiger partial charge on any atom is 0.292 e. The molecule has 1 amide bonds. The van der Waals surface area contributed by atoms with Crippen molar-refractivity contribution < 1.29 is 14.8 Å². The van der Waals surface area contributed by atoms with Crippen LogP contribution in [-0.2, 0) is 11.2 Å². The first kappa shape index (κ1) is 14.3. The lowest BCUT2D eigenvalue weighted by molar-refractivity contribution is -0.384. The van der Waals surface area contributed by atoms with Gasteiger partial charge in [-0.3, -0.25) is 14.9 Å². The van der Waals surface area contributed by atoms with Gasteiger partial charge in [-0.05, 0) is 18.1 Å². The molecule has 7 heteroatoms. The highest BCUT2D eigenvalue weighted by Crippen LogP contribution is 2.34. The molecule has 1 heterocycles. The van der Waals surface area contributed by atoms with Gasteiger partial charge in [-0.25, -0.2) is 0 Å². The number of fused-ring (bicyclic) bond motifs is 1. The van der Waals surface area contributed by atoms with Crippen LogP contribution in [0.3, 0.4) is 0 Å². The topological polar surface area (TPSA) is 104 Å². The SMILES string of the molecule is CCCC(O)CNc1cc2c(cc1[N+](=O)[O-])CC(=O)N2. The van der Waals surface area contributed by atoms with Crippen LogP contribution in [0.15, 0.2) is 12.1 Å². The smallest absolute Gasteiger partial charge is 0.292 e. The first-order valence-electron chi connectivity index (χ1n) is 6.54. The van der Waals surface area contributed by atoms with Gasteiger partial charge >= 0.3 is 0 Å². The van der Waals surface area contributed by atoms with Gasteiger partial charge in [0.25, 0.3) is 5.69 Å². The van der Waals surface area contributed by atoms with E-state index in [0.717, 1.165) is 6.42 Å². The molecule has 0 aromatic heterocycles. The summed E-state index contributed by atoms with van der Waals surface area (Å²) in [6.07, 6.45) is 1.07. The van der Waals surface area contributed by atoms with Gasteiger partial charge < -0.3 is 15.7 Å². The number of hydrogen-bond acceptors (Lipinski definition) is 5. The predicted molar refractivity (Wildman–Crippen MR) is 74.8 cm³/mol. The molecular weight excluding hydrogens is 262 g/mol. The summed E-state index contributed by atoms with van der Waals surface area (Å²) in [7, 11) is 0. The Balaban J connectivity index is 2.21. The van der Waals surface area contributed by atoms with Crippen LogP contribution in [0.25, 0.3) is 0 Å². The molecule has 1 atom stereocenters. The van der Waals surface area contributed by atoms with Crippen LogP contribution in [0.5, 0.6) is 0 Å². The number of carbonyl (C=O) groups is 1. The monoisotopic (exact) mass is 279 g/mol. The third-order valence-electron chi connectivity index (χ3n) is 3.19. The highest BCUT2D eigenvalue weighted by atomic mass is 16.6. The van der Waals surface area contributed by atoms with E-state index in [9.17, 15) is 20.0 Å². The van der Waals surface area contributed by atoms with Crippen LogP contribution in [0, 0.1) is 10.1 Å². The fraction of sp³-hybridized carbons (Fsp3) is 0.462. The van der Waals surface area contributed by atoms with E-state index in [-0.39, 0.29) is 24.6 Å². The second-order valence-electron chi connectivity index (χ2n) is 4.83. The number of rotatable bonds is 6. The van der Waals surface area contributed by atoms with Gasteiger partial charge in [-0.1, -0.05) is 13.3 Å². The quantitative estimate of drug-likeness (QED) is 0.542. The number of aliphatic hydroxyl groups excluding tert-OH is 1. The Hall–Kier alpha value is -2.15. The van der Waals surface area contributed by atoms with Crippen molar-refractivity contribution in [3.8, 4) is 0 Å². The van der Waals surface area contributed by atoms with Crippen molar-refractivity contribution in [2.24, 2.45) is 0 Å². The number of nitro groups is 1. The third kappa shape index (κ3) is 3.05. The molecule has 2 rings (SSSR count). The van der Waals surface area contributed by atoms with Gasteiger partial charge in [-0.2, -0.15) is 0 Å². The largest absolute Gasteiger partial charge is 0.391 e. The molecular formula is C13H17N3O4. The molecule has 0 radical (unpaired) electrons. The van der Waals surface area contributed by atoms with E-state index < -0.39 is 11.0 Å². The zero-order valence-corrected chi connectivity index (χ0v) is 11.2. The number of benzene rings is 1. The molecule has 108 valence electrons. The zero-order chi connectivity index (χ0) is 14.7. The third-order valence-corrected chi connectivity index (χ3v) is 3.19. The highest BCUT2D eigenvalue weighted by Gasteiger charge is 2.24. The average molecular weight is 279 g/mol. The van der Waals surface area contributed by atoms with Crippen LogP contribution < -0.4 is 10.6 Å². The molecule has 0 spiro atoms. The Morgan fingerprint density at radius 1 is 1.55 bits per heavy atom. The summed E-state index contributed by atoms with van der Waals surface area (Å²) in [4.78, 5) is 21.9. The minimum Gasteiger partial charge on any atom is -0.391 e. The molecule has 1 unspecified atom stereocenters. The maximum atomic E-state index is 11.3. The van der Waals surface area contributed by atoms with Crippen molar-refractivity contribution in [3.63, 3.8) is 0 Å². The normalized spacial score (nSPS) is 14.6. The number of anilines is 2. The molecule has 1 aromatic rings.